The maximum Gasteiger partial charge on any atom is 0.0982 e. The zero-order valence-electron chi connectivity index (χ0n) is 11.1. The van der Waals surface area contributed by atoms with Gasteiger partial charge in [0.1, 0.15) is 0 Å². The summed E-state index contributed by atoms with van der Waals surface area (Å²) in [6.07, 6.45) is -0.401. The van der Waals surface area contributed by atoms with Crippen molar-refractivity contribution in [3.63, 3.8) is 0 Å². The second kappa shape index (κ2) is 5.40. The van der Waals surface area contributed by atoms with Crippen LogP contribution >= 0.6 is 15.9 Å². The second-order valence-corrected chi connectivity index (χ2v) is 6.30. The summed E-state index contributed by atoms with van der Waals surface area (Å²) < 4.78 is 1.03. The molecule has 2 heterocycles. The molecule has 2 unspecified atom stereocenters. The SMILES string of the molecule is CN1CC(N2CCNCC2)C(O)c2cc(Br)ccc21. The number of fused-ring (bicyclic) bond motifs is 1. The molecule has 0 amide bonds. The van der Waals surface area contributed by atoms with Crippen molar-refractivity contribution in [2.45, 2.75) is 12.1 Å². The average Bonchev–Trinajstić information content (AvgIpc) is 2.43. The molecular formula is C14H20BrN3O. The van der Waals surface area contributed by atoms with Gasteiger partial charge in [0.15, 0.2) is 0 Å². The zero-order chi connectivity index (χ0) is 13.4. The fourth-order valence-electron chi connectivity index (χ4n) is 3.12. The first kappa shape index (κ1) is 13.4. The van der Waals surface area contributed by atoms with Crippen molar-refractivity contribution >= 4 is 21.6 Å². The lowest BCUT2D eigenvalue weighted by atomic mass is 9.93. The molecule has 0 aromatic heterocycles. The lowest BCUT2D eigenvalue weighted by molar-refractivity contribution is 0.0406. The normalized spacial score (nSPS) is 28.3. The molecule has 5 heteroatoms. The van der Waals surface area contributed by atoms with Gasteiger partial charge in [-0.25, -0.2) is 0 Å². The van der Waals surface area contributed by atoms with Crippen molar-refractivity contribution < 1.29 is 5.11 Å². The average molecular weight is 326 g/mol. The Kier molecular flexibility index (Phi) is 3.80. The van der Waals surface area contributed by atoms with Crippen LogP contribution in [0.2, 0.25) is 0 Å². The second-order valence-electron chi connectivity index (χ2n) is 5.38. The topological polar surface area (TPSA) is 38.7 Å². The number of piperazine rings is 1. The quantitative estimate of drug-likeness (QED) is 0.814. The first-order chi connectivity index (χ1) is 9.16. The van der Waals surface area contributed by atoms with E-state index in [1.165, 1.54) is 0 Å². The number of aliphatic hydroxyl groups is 1. The van der Waals surface area contributed by atoms with E-state index in [1.807, 2.05) is 12.1 Å². The van der Waals surface area contributed by atoms with Crippen LogP contribution in [0.25, 0.3) is 0 Å². The number of halogens is 1. The molecule has 1 saturated heterocycles. The largest absolute Gasteiger partial charge is 0.387 e. The van der Waals surface area contributed by atoms with E-state index < -0.39 is 6.10 Å². The van der Waals surface area contributed by atoms with E-state index in [-0.39, 0.29) is 6.04 Å². The van der Waals surface area contributed by atoms with Gasteiger partial charge in [-0.15, -0.1) is 0 Å². The number of hydrogen-bond donors (Lipinski definition) is 2. The van der Waals surface area contributed by atoms with E-state index in [1.54, 1.807) is 0 Å². The fourth-order valence-corrected chi connectivity index (χ4v) is 3.50. The Morgan fingerprint density at radius 1 is 1.32 bits per heavy atom. The Bertz CT molecular complexity index is 462. The van der Waals surface area contributed by atoms with Gasteiger partial charge >= 0.3 is 0 Å². The van der Waals surface area contributed by atoms with E-state index in [0.717, 1.165) is 48.4 Å². The standard InChI is InChI=1S/C14H20BrN3O/c1-17-9-13(18-6-4-16-5-7-18)14(19)11-8-10(15)2-3-12(11)17/h2-3,8,13-14,16,19H,4-7,9H2,1H3. The minimum Gasteiger partial charge on any atom is -0.387 e. The van der Waals surface area contributed by atoms with E-state index >= 15 is 0 Å². The summed E-state index contributed by atoms with van der Waals surface area (Å²) in [6, 6.07) is 6.35. The number of nitrogens with zero attached hydrogens (tertiary/aromatic N) is 2. The monoisotopic (exact) mass is 325 g/mol. The highest BCUT2D eigenvalue weighted by Crippen LogP contribution is 2.36. The summed E-state index contributed by atoms with van der Waals surface area (Å²) in [4.78, 5) is 4.66. The Morgan fingerprint density at radius 3 is 2.79 bits per heavy atom. The molecule has 0 bridgehead atoms. The number of likely N-dealkylation sites (N-methyl/N-ethyl adjacent to an activating group) is 1. The number of nitrogens with one attached hydrogen (secondary N) is 1. The Labute approximate surface area is 122 Å². The minimum absolute atomic E-state index is 0.189. The molecule has 1 fully saturated rings. The lowest BCUT2D eigenvalue weighted by Crippen LogP contribution is -2.55. The van der Waals surface area contributed by atoms with Crippen LogP contribution in [0, 0.1) is 0 Å². The molecule has 0 aliphatic carbocycles. The number of hydrogen-bond acceptors (Lipinski definition) is 4. The van der Waals surface area contributed by atoms with Crippen LogP contribution < -0.4 is 10.2 Å². The predicted octanol–water partition coefficient (Wildman–Crippen LogP) is 1.21. The van der Waals surface area contributed by atoms with Crippen molar-refractivity contribution in [3.8, 4) is 0 Å². The maximum atomic E-state index is 10.7. The molecule has 2 aliphatic rings. The molecule has 0 saturated carbocycles. The van der Waals surface area contributed by atoms with E-state index in [4.69, 9.17) is 0 Å². The number of anilines is 1. The summed E-state index contributed by atoms with van der Waals surface area (Å²) in [7, 11) is 2.10. The van der Waals surface area contributed by atoms with Crippen molar-refractivity contribution in [3.05, 3.63) is 28.2 Å². The van der Waals surface area contributed by atoms with Crippen LogP contribution in [0.4, 0.5) is 5.69 Å². The third kappa shape index (κ3) is 2.52. The smallest absolute Gasteiger partial charge is 0.0982 e. The van der Waals surface area contributed by atoms with Gasteiger partial charge in [-0.1, -0.05) is 15.9 Å². The molecule has 1 aromatic rings. The van der Waals surface area contributed by atoms with Crippen molar-refractivity contribution in [2.75, 3.05) is 44.7 Å². The number of benzene rings is 1. The molecule has 19 heavy (non-hydrogen) atoms. The fraction of sp³-hybridized carbons (Fsp3) is 0.571. The predicted molar refractivity (Wildman–Crippen MR) is 80.6 cm³/mol. The summed E-state index contributed by atoms with van der Waals surface area (Å²) in [5.74, 6) is 0. The lowest BCUT2D eigenvalue weighted by Gasteiger charge is -2.44. The highest BCUT2D eigenvalue weighted by molar-refractivity contribution is 9.10. The van der Waals surface area contributed by atoms with Gasteiger partial charge in [0, 0.05) is 55.5 Å². The van der Waals surface area contributed by atoms with Gasteiger partial charge in [0.25, 0.3) is 0 Å². The Morgan fingerprint density at radius 2 is 2.05 bits per heavy atom. The molecular weight excluding hydrogens is 306 g/mol. The summed E-state index contributed by atoms with van der Waals surface area (Å²) >= 11 is 3.50. The molecule has 0 spiro atoms. The summed E-state index contributed by atoms with van der Waals surface area (Å²) in [5.41, 5.74) is 2.17. The third-order valence-corrected chi connectivity index (χ3v) is 4.66. The van der Waals surface area contributed by atoms with Crippen molar-refractivity contribution in [2.24, 2.45) is 0 Å². The Hall–Kier alpha value is -0.620. The molecule has 104 valence electrons. The molecule has 2 atom stereocenters. The van der Waals surface area contributed by atoms with Gasteiger partial charge in [0.2, 0.25) is 0 Å². The van der Waals surface area contributed by atoms with E-state index in [0.29, 0.717) is 0 Å². The maximum absolute atomic E-state index is 10.7. The molecule has 2 aliphatic heterocycles. The van der Waals surface area contributed by atoms with Crippen molar-refractivity contribution in [1.82, 2.24) is 10.2 Å². The van der Waals surface area contributed by atoms with Crippen LogP contribution in [0.5, 0.6) is 0 Å². The molecule has 2 N–H and O–H groups in total. The van der Waals surface area contributed by atoms with Crippen molar-refractivity contribution in [1.29, 1.82) is 0 Å². The van der Waals surface area contributed by atoms with Gasteiger partial charge in [0.05, 0.1) is 12.1 Å². The summed E-state index contributed by atoms with van der Waals surface area (Å²) in [6.45, 7) is 4.93. The Balaban J connectivity index is 1.89. The molecule has 0 radical (unpaired) electrons. The van der Waals surface area contributed by atoms with Crippen LogP contribution in [0.15, 0.2) is 22.7 Å². The number of rotatable bonds is 1. The van der Waals surface area contributed by atoms with Crippen LogP contribution in [0.1, 0.15) is 11.7 Å². The van der Waals surface area contributed by atoms with Crippen LogP contribution in [-0.2, 0) is 0 Å². The molecule has 3 rings (SSSR count). The third-order valence-electron chi connectivity index (χ3n) is 4.17. The zero-order valence-corrected chi connectivity index (χ0v) is 12.7. The highest BCUT2D eigenvalue weighted by atomic mass is 79.9. The minimum atomic E-state index is -0.401. The van der Waals surface area contributed by atoms with Gasteiger partial charge in [-0.3, -0.25) is 4.90 Å². The number of aliphatic hydroxyl groups excluding tert-OH is 1. The molecule has 4 nitrogen and oxygen atoms in total. The highest BCUT2D eigenvalue weighted by Gasteiger charge is 2.35. The first-order valence-electron chi connectivity index (χ1n) is 6.80. The van der Waals surface area contributed by atoms with E-state index in [9.17, 15) is 5.11 Å². The van der Waals surface area contributed by atoms with Crippen LogP contribution in [-0.4, -0.2) is 55.8 Å². The van der Waals surface area contributed by atoms with Gasteiger partial charge in [-0.05, 0) is 18.2 Å². The van der Waals surface area contributed by atoms with Gasteiger partial charge in [-0.2, -0.15) is 0 Å². The van der Waals surface area contributed by atoms with E-state index in [2.05, 4.69) is 44.2 Å². The van der Waals surface area contributed by atoms with Crippen LogP contribution in [0.3, 0.4) is 0 Å². The van der Waals surface area contributed by atoms with Gasteiger partial charge < -0.3 is 15.3 Å². The first-order valence-corrected chi connectivity index (χ1v) is 7.59. The summed E-state index contributed by atoms with van der Waals surface area (Å²) in [5, 5.41) is 14.1. The molecule has 1 aromatic carbocycles.